The number of hydrogen-bond acceptors (Lipinski definition) is 3. The van der Waals surface area contributed by atoms with E-state index in [2.05, 4.69) is 0 Å². The van der Waals surface area contributed by atoms with E-state index in [0.717, 1.165) is 0 Å². The molecule has 0 saturated carbocycles. The zero-order valence-electron chi connectivity index (χ0n) is 9.67. The van der Waals surface area contributed by atoms with Crippen LogP contribution in [-0.4, -0.2) is 13.5 Å². The lowest BCUT2D eigenvalue weighted by Crippen LogP contribution is -2.00. The van der Waals surface area contributed by atoms with Gasteiger partial charge in [0.05, 0.1) is 4.90 Å². The summed E-state index contributed by atoms with van der Waals surface area (Å²) in [5, 5.41) is 10.6. The molecular formula is C14H9ClO3S. The molecule has 0 unspecified atom stereocenters. The summed E-state index contributed by atoms with van der Waals surface area (Å²) < 4.78 is 24.9. The first-order valence-corrected chi connectivity index (χ1v) is 7.41. The molecule has 1 aliphatic heterocycles. The fraction of sp³-hybridized carbons (Fsp3) is 0. The van der Waals surface area contributed by atoms with Gasteiger partial charge < -0.3 is 5.11 Å². The molecule has 96 valence electrons. The van der Waals surface area contributed by atoms with Gasteiger partial charge in [-0.3, -0.25) is 0 Å². The second kappa shape index (κ2) is 4.11. The van der Waals surface area contributed by atoms with Crippen molar-refractivity contribution in [3.8, 4) is 0 Å². The van der Waals surface area contributed by atoms with Crippen molar-refractivity contribution in [3.63, 3.8) is 0 Å². The Kier molecular flexibility index (Phi) is 2.66. The molecule has 0 fully saturated rings. The minimum absolute atomic E-state index is 0.0645. The van der Waals surface area contributed by atoms with Gasteiger partial charge >= 0.3 is 0 Å². The third kappa shape index (κ3) is 1.76. The van der Waals surface area contributed by atoms with Gasteiger partial charge in [-0.1, -0.05) is 41.9 Å². The SMILES string of the molecule is O=S1(=O)C(c2ccccc2)=C(O)c2cc(Cl)ccc21. The van der Waals surface area contributed by atoms with Gasteiger partial charge in [0.15, 0.2) is 0 Å². The summed E-state index contributed by atoms with van der Waals surface area (Å²) in [6.07, 6.45) is 0. The molecule has 0 bridgehead atoms. The topological polar surface area (TPSA) is 54.4 Å². The highest BCUT2D eigenvalue weighted by molar-refractivity contribution is 8.01. The van der Waals surface area contributed by atoms with E-state index in [0.29, 0.717) is 10.6 Å². The number of halogens is 1. The molecule has 1 N–H and O–H groups in total. The largest absolute Gasteiger partial charge is 0.506 e. The van der Waals surface area contributed by atoms with Crippen molar-refractivity contribution in [2.75, 3.05) is 0 Å². The van der Waals surface area contributed by atoms with Crippen LogP contribution in [0.4, 0.5) is 0 Å². The van der Waals surface area contributed by atoms with Gasteiger partial charge in [0, 0.05) is 10.6 Å². The molecule has 0 atom stereocenters. The molecule has 0 spiro atoms. The van der Waals surface area contributed by atoms with E-state index < -0.39 is 9.84 Å². The normalized spacial score (nSPS) is 16.5. The first kappa shape index (κ1) is 12.3. The molecule has 0 aliphatic carbocycles. The van der Waals surface area contributed by atoms with Crippen LogP contribution in [0.3, 0.4) is 0 Å². The van der Waals surface area contributed by atoms with Crippen molar-refractivity contribution in [1.82, 2.24) is 0 Å². The highest BCUT2D eigenvalue weighted by Gasteiger charge is 2.36. The van der Waals surface area contributed by atoms with Crippen LogP contribution in [0.2, 0.25) is 5.02 Å². The fourth-order valence-electron chi connectivity index (χ4n) is 2.16. The zero-order valence-corrected chi connectivity index (χ0v) is 11.2. The van der Waals surface area contributed by atoms with Crippen molar-refractivity contribution in [3.05, 3.63) is 64.7 Å². The second-order valence-corrected chi connectivity index (χ2v) is 6.48. The number of benzene rings is 2. The number of hydrogen-bond donors (Lipinski definition) is 1. The summed E-state index contributed by atoms with van der Waals surface area (Å²) >= 11 is 5.85. The maximum Gasteiger partial charge on any atom is 0.211 e. The Morgan fingerprint density at radius 3 is 2.37 bits per heavy atom. The van der Waals surface area contributed by atoms with Gasteiger partial charge in [0.2, 0.25) is 9.84 Å². The molecule has 2 aromatic carbocycles. The monoisotopic (exact) mass is 292 g/mol. The minimum atomic E-state index is -3.69. The first-order valence-electron chi connectivity index (χ1n) is 5.55. The molecule has 0 radical (unpaired) electrons. The summed E-state index contributed by atoms with van der Waals surface area (Å²) in [5.41, 5.74) is 0.721. The van der Waals surface area contributed by atoms with E-state index in [1.165, 1.54) is 18.2 Å². The van der Waals surface area contributed by atoms with Crippen LogP contribution >= 0.6 is 11.6 Å². The van der Waals surface area contributed by atoms with Crippen molar-refractivity contribution >= 4 is 32.1 Å². The van der Waals surface area contributed by atoms with Gasteiger partial charge in [-0.25, -0.2) is 8.42 Å². The summed E-state index contributed by atoms with van der Waals surface area (Å²) in [4.78, 5) is 0.0265. The number of aliphatic hydroxyl groups excluding tert-OH is 1. The van der Waals surface area contributed by atoms with Gasteiger partial charge in [-0.2, -0.15) is 0 Å². The van der Waals surface area contributed by atoms with Gasteiger partial charge in [0.25, 0.3) is 0 Å². The molecule has 19 heavy (non-hydrogen) atoms. The molecule has 5 heteroatoms. The van der Waals surface area contributed by atoms with E-state index in [4.69, 9.17) is 11.6 Å². The lowest BCUT2D eigenvalue weighted by molar-refractivity contribution is 0.514. The molecule has 0 amide bonds. The molecule has 1 heterocycles. The molecule has 3 rings (SSSR count). The van der Waals surface area contributed by atoms with Crippen LogP contribution in [0, 0.1) is 0 Å². The summed E-state index contributed by atoms with van der Waals surface area (Å²) in [6.45, 7) is 0. The molecule has 2 aromatic rings. The maximum absolute atomic E-state index is 12.4. The Balaban J connectivity index is 2.34. The number of fused-ring (bicyclic) bond motifs is 1. The van der Waals surface area contributed by atoms with Crippen LogP contribution in [-0.2, 0) is 9.84 Å². The predicted molar refractivity (Wildman–Crippen MR) is 74.5 cm³/mol. The molecule has 0 saturated heterocycles. The Bertz CT molecular complexity index is 793. The summed E-state index contributed by atoms with van der Waals surface area (Å²) in [6, 6.07) is 12.9. The average molecular weight is 293 g/mol. The van der Waals surface area contributed by atoms with E-state index in [-0.39, 0.29) is 21.1 Å². The Labute approximate surface area is 115 Å². The maximum atomic E-state index is 12.4. The van der Waals surface area contributed by atoms with Crippen LogP contribution in [0.25, 0.3) is 10.7 Å². The van der Waals surface area contributed by atoms with E-state index in [9.17, 15) is 13.5 Å². The lowest BCUT2D eigenvalue weighted by atomic mass is 10.1. The van der Waals surface area contributed by atoms with E-state index in [1.807, 2.05) is 0 Å². The average Bonchev–Trinajstić information content (AvgIpc) is 2.58. The van der Waals surface area contributed by atoms with Crippen molar-refractivity contribution in [1.29, 1.82) is 0 Å². The summed E-state index contributed by atoms with van der Waals surface area (Å²) in [5.74, 6) is -0.247. The Hall–Kier alpha value is -1.78. The zero-order chi connectivity index (χ0) is 13.6. The van der Waals surface area contributed by atoms with E-state index >= 15 is 0 Å². The highest BCUT2D eigenvalue weighted by Crippen LogP contribution is 2.43. The highest BCUT2D eigenvalue weighted by atomic mass is 35.5. The minimum Gasteiger partial charge on any atom is -0.506 e. The van der Waals surface area contributed by atoms with Gasteiger partial charge in [0.1, 0.15) is 10.7 Å². The third-order valence-electron chi connectivity index (χ3n) is 3.01. The van der Waals surface area contributed by atoms with Gasteiger partial charge in [-0.05, 0) is 23.8 Å². The first-order chi connectivity index (χ1) is 9.01. The quantitative estimate of drug-likeness (QED) is 0.875. The molecule has 3 nitrogen and oxygen atoms in total. The van der Waals surface area contributed by atoms with Crippen LogP contribution in [0.15, 0.2) is 53.4 Å². The molecule has 0 aromatic heterocycles. The number of rotatable bonds is 1. The van der Waals surface area contributed by atoms with Crippen LogP contribution < -0.4 is 0 Å². The van der Waals surface area contributed by atoms with Crippen LogP contribution in [0.5, 0.6) is 0 Å². The lowest BCUT2D eigenvalue weighted by Gasteiger charge is -2.03. The number of aliphatic hydroxyl groups is 1. The smallest absolute Gasteiger partial charge is 0.211 e. The third-order valence-corrected chi connectivity index (χ3v) is 5.14. The van der Waals surface area contributed by atoms with Gasteiger partial charge in [-0.15, -0.1) is 0 Å². The predicted octanol–water partition coefficient (Wildman–Crippen LogP) is 3.51. The Morgan fingerprint density at radius 2 is 1.68 bits per heavy atom. The van der Waals surface area contributed by atoms with E-state index in [1.54, 1.807) is 30.3 Å². The molecule has 1 aliphatic rings. The fourth-order valence-corrected chi connectivity index (χ4v) is 4.06. The summed E-state index contributed by atoms with van der Waals surface area (Å²) in [7, 11) is -3.69. The van der Waals surface area contributed by atoms with Crippen molar-refractivity contribution in [2.45, 2.75) is 4.90 Å². The second-order valence-electron chi connectivity index (χ2n) is 4.19. The Morgan fingerprint density at radius 1 is 1.00 bits per heavy atom. The van der Waals surface area contributed by atoms with Crippen LogP contribution in [0.1, 0.15) is 11.1 Å². The van der Waals surface area contributed by atoms with Crippen molar-refractivity contribution in [2.24, 2.45) is 0 Å². The molecular weight excluding hydrogens is 284 g/mol. The van der Waals surface area contributed by atoms with Crippen molar-refractivity contribution < 1.29 is 13.5 Å². The standard InChI is InChI=1S/C14H9ClO3S/c15-10-6-7-12-11(8-10)13(16)14(19(12,17)18)9-4-2-1-3-5-9/h1-8,16H. The number of sulfone groups is 1.